The highest BCUT2D eigenvalue weighted by molar-refractivity contribution is 4.97. The molecule has 0 spiro atoms. The highest BCUT2D eigenvalue weighted by Gasteiger charge is 2.44. The maximum atomic E-state index is 5.49. The van der Waals surface area contributed by atoms with Crippen LogP contribution in [-0.2, 0) is 13.1 Å². The number of nitrogens with one attached hydrogen (secondary N) is 1. The van der Waals surface area contributed by atoms with Crippen LogP contribution < -0.4 is 11.1 Å². The smallest absolute Gasteiger partial charge is 0.0962 e. The minimum atomic E-state index is 0.462. The average molecular weight is 237 g/mol. The van der Waals surface area contributed by atoms with Gasteiger partial charge in [0.1, 0.15) is 0 Å². The second kappa shape index (κ2) is 5.14. The van der Waals surface area contributed by atoms with Gasteiger partial charge in [-0.2, -0.15) is 0 Å². The number of hydrogen-bond donors (Lipinski definition) is 2. The van der Waals surface area contributed by atoms with Gasteiger partial charge in [0.05, 0.1) is 12.2 Å². The van der Waals surface area contributed by atoms with E-state index in [0.29, 0.717) is 12.0 Å². The zero-order chi connectivity index (χ0) is 12.3. The molecule has 1 aromatic heterocycles. The molecule has 1 fully saturated rings. The maximum Gasteiger partial charge on any atom is 0.0962 e. The van der Waals surface area contributed by atoms with E-state index < -0.39 is 0 Å². The van der Waals surface area contributed by atoms with Gasteiger partial charge in [0.25, 0.3) is 0 Å². The summed E-state index contributed by atoms with van der Waals surface area (Å²) in [5.74, 6) is 0.783. The van der Waals surface area contributed by atoms with Gasteiger partial charge in [-0.05, 0) is 24.2 Å². The lowest BCUT2D eigenvalue weighted by atomic mass is 9.92. The van der Waals surface area contributed by atoms with Crippen molar-refractivity contribution in [1.29, 1.82) is 0 Å². The Hall–Kier alpha value is -0.940. The van der Waals surface area contributed by atoms with Gasteiger partial charge in [0.2, 0.25) is 0 Å². The highest BCUT2D eigenvalue weighted by atomic mass is 15.4. The molecule has 0 aromatic carbocycles. The number of rotatable bonds is 7. The molecule has 0 aliphatic heterocycles. The van der Waals surface area contributed by atoms with Crippen molar-refractivity contribution in [1.82, 2.24) is 20.3 Å². The molecule has 17 heavy (non-hydrogen) atoms. The summed E-state index contributed by atoms with van der Waals surface area (Å²) >= 11 is 0. The van der Waals surface area contributed by atoms with Gasteiger partial charge < -0.3 is 11.1 Å². The largest absolute Gasteiger partial charge is 0.325 e. The minimum Gasteiger partial charge on any atom is -0.325 e. The molecule has 3 N–H and O–H groups in total. The second-order valence-corrected chi connectivity index (χ2v) is 5.37. The summed E-state index contributed by atoms with van der Waals surface area (Å²) < 4.78 is 1.85. The van der Waals surface area contributed by atoms with E-state index in [9.17, 15) is 0 Å². The molecular weight excluding hydrogens is 214 g/mol. The molecule has 0 unspecified atom stereocenters. The van der Waals surface area contributed by atoms with Crippen molar-refractivity contribution in [2.24, 2.45) is 17.1 Å². The van der Waals surface area contributed by atoms with Crippen molar-refractivity contribution in [3.63, 3.8) is 0 Å². The fraction of sp³-hybridized carbons (Fsp3) is 0.833. The molecule has 0 bridgehead atoms. The van der Waals surface area contributed by atoms with E-state index in [-0.39, 0.29) is 0 Å². The van der Waals surface area contributed by atoms with Crippen LogP contribution in [0.4, 0.5) is 0 Å². The first-order chi connectivity index (χ1) is 8.16. The van der Waals surface area contributed by atoms with E-state index >= 15 is 0 Å². The Balaban J connectivity index is 1.66. The van der Waals surface area contributed by atoms with Gasteiger partial charge in [-0.1, -0.05) is 19.1 Å². The van der Waals surface area contributed by atoms with E-state index in [1.54, 1.807) is 0 Å². The Morgan fingerprint density at radius 2 is 2.29 bits per heavy atom. The van der Waals surface area contributed by atoms with Crippen molar-refractivity contribution >= 4 is 0 Å². The summed E-state index contributed by atoms with van der Waals surface area (Å²) in [6.45, 7) is 8.04. The molecule has 5 heteroatoms. The van der Waals surface area contributed by atoms with Crippen LogP contribution in [0, 0.1) is 11.3 Å². The lowest BCUT2D eigenvalue weighted by Gasteiger charge is -2.19. The SMILES string of the molecule is CC(C)C1(CNCCn2cc(CN)nn2)CC1. The van der Waals surface area contributed by atoms with Crippen molar-refractivity contribution in [2.75, 3.05) is 13.1 Å². The molecule has 1 saturated carbocycles. The molecule has 5 nitrogen and oxygen atoms in total. The van der Waals surface area contributed by atoms with E-state index in [0.717, 1.165) is 31.2 Å². The van der Waals surface area contributed by atoms with Crippen LogP contribution in [0.15, 0.2) is 6.20 Å². The first-order valence-electron chi connectivity index (χ1n) is 6.46. The van der Waals surface area contributed by atoms with Crippen LogP contribution >= 0.6 is 0 Å². The Bertz CT molecular complexity index is 354. The first kappa shape index (κ1) is 12.5. The molecule has 0 atom stereocenters. The fourth-order valence-electron chi connectivity index (χ4n) is 2.19. The molecule has 1 aromatic rings. The Morgan fingerprint density at radius 1 is 1.53 bits per heavy atom. The van der Waals surface area contributed by atoms with Gasteiger partial charge in [-0.3, -0.25) is 4.68 Å². The third-order valence-corrected chi connectivity index (χ3v) is 3.91. The lowest BCUT2D eigenvalue weighted by Crippen LogP contribution is -2.30. The number of hydrogen-bond acceptors (Lipinski definition) is 4. The van der Waals surface area contributed by atoms with Gasteiger partial charge >= 0.3 is 0 Å². The third kappa shape index (κ3) is 3.04. The maximum absolute atomic E-state index is 5.49. The predicted octanol–water partition coefficient (Wildman–Crippen LogP) is 0.763. The van der Waals surface area contributed by atoms with Crippen LogP contribution in [-0.4, -0.2) is 28.1 Å². The first-order valence-corrected chi connectivity index (χ1v) is 6.46. The second-order valence-electron chi connectivity index (χ2n) is 5.37. The van der Waals surface area contributed by atoms with Gasteiger partial charge in [-0.25, -0.2) is 0 Å². The summed E-state index contributed by atoms with van der Waals surface area (Å²) in [6.07, 6.45) is 4.66. The molecule has 96 valence electrons. The summed E-state index contributed by atoms with van der Waals surface area (Å²) in [5.41, 5.74) is 6.91. The Morgan fingerprint density at radius 3 is 2.82 bits per heavy atom. The molecule has 1 aliphatic carbocycles. The van der Waals surface area contributed by atoms with Crippen molar-refractivity contribution < 1.29 is 0 Å². The van der Waals surface area contributed by atoms with Crippen LogP contribution in [0.2, 0.25) is 0 Å². The van der Waals surface area contributed by atoms with Gasteiger partial charge in [-0.15, -0.1) is 5.10 Å². The van der Waals surface area contributed by atoms with Gasteiger partial charge in [0, 0.05) is 25.8 Å². The van der Waals surface area contributed by atoms with E-state index in [4.69, 9.17) is 5.73 Å². The molecule has 0 saturated heterocycles. The van der Waals surface area contributed by atoms with E-state index in [1.165, 1.54) is 12.8 Å². The van der Waals surface area contributed by atoms with Crippen LogP contribution in [0.5, 0.6) is 0 Å². The standard InChI is InChI=1S/C12H23N5/c1-10(2)12(3-4-12)9-14-5-6-17-8-11(7-13)15-16-17/h8,10,14H,3-7,9,13H2,1-2H3. The van der Waals surface area contributed by atoms with Crippen LogP contribution in [0.25, 0.3) is 0 Å². The molecule has 1 heterocycles. The predicted molar refractivity (Wildman–Crippen MR) is 67.3 cm³/mol. The molecule has 0 amide bonds. The monoisotopic (exact) mass is 237 g/mol. The highest BCUT2D eigenvalue weighted by Crippen LogP contribution is 2.51. The zero-order valence-corrected chi connectivity index (χ0v) is 10.8. The summed E-state index contributed by atoms with van der Waals surface area (Å²) in [4.78, 5) is 0. The molecule has 2 rings (SSSR count). The number of nitrogens with two attached hydrogens (primary N) is 1. The Labute approximate surface area is 103 Å². The third-order valence-electron chi connectivity index (χ3n) is 3.91. The van der Waals surface area contributed by atoms with Crippen LogP contribution in [0.1, 0.15) is 32.4 Å². The molecule has 1 aliphatic rings. The zero-order valence-electron chi connectivity index (χ0n) is 10.8. The summed E-state index contributed by atoms with van der Waals surface area (Å²) in [6, 6.07) is 0. The number of aromatic nitrogens is 3. The number of nitrogens with zero attached hydrogens (tertiary/aromatic N) is 3. The molecular formula is C12H23N5. The average Bonchev–Trinajstić information content (AvgIpc) is 2.97. The normalized spacial score (nSPS) is 17.6. The molecule has 0 radical (unpaired) electrons. The van der Waals surface area contributed by atoms with Crippen molar-refractivity contribution in [3.05, 3.63) is 11.9 Å². The minimum absolute atomic E-state index is 0.462. The van der Waals surface area contributed by atoms with Crippen molar-refractivity contribution in [3.8, 4) is 0 Å². The van der Waals surface area contributed by atoms with E-state index in [1.807, 2.05) is 10.9 Å². The quantitative estimate of drug-likeness (QED) is 0.687. The van der Waals surface area contributed by atoms with Crippen molar-refractivity contribution in [2.45, 2.75) is 39.8 Å². The summed E-state index contributed by atoms with van der Waals surface area (Å²) in [7, 11) is 0. The van der Waals surface area contributed by atoms with E-state index in [2.05, 4.69) is 29.5 Å². The summed E-state index contributed by atoms with van der Waals surface area (Å²) in [5, 5.41) is 11.5. The van der Waals surface area contributed by atoms with Gasteiger partial charge in [0.15, 0.2) is 0 Å². The Kier molecular flexibility index (Phi) is 3.79. The lowest BCUT2D eigenvalue weighted by molar-refractivity contribution is 0.334. The topological polar surface area (TPSA) is 68.8 Å². The van der Waals surface area contributed by atoms with Crippen LogP contribution in [0.3, 0.4) is 0 Å². The fourth-order valence-corrected chi connectivity index (χ4v) is 2.19.